The topological polar surface area (TPSA) is 152 Å². The number of piperidine rings is 3. The molecule has 3 N–H and O–H groups in total. The van der Waals surface area contributed by atoms with Crippen molar-refractivity contribution < 1.29 is 36.3 Å². The van der Waals surface area contributed by atoms with E-state index in [9.17, 15) is 27.6 Å². The van der Waals surface area contributed by atoms with Crippen molar-refractivity contribution in [2.24, 2.45) is 25.9 Å². The number of carbonyl (C=O) groups excluding carboxylic acids is 2. The minimum atomic E-state index is -4.43. The minimum absolute atomic E-state index is 0.0572. The van der Waals surface area contributed by atoms with Gasteiger partial charge in [-0.1, -0.05) is 23.7 Å². The fourth-order valence-corrected chi connectivity index (χ4v) is 10.6. The molecule has 3 aromatic heterocycles. The second kappa shape index (κ2) is 16.4. The fourth-order valence-electron chi connectivity index (χ4n) is 10.5. The van der Waals surface area contributed by atoms with Crippen LogP contribution in [0.25, 0.3) is 21.8 Å². The van der Waals surface area contributed by atoms with Crippen LogP contribution in [0.4, 0.5) is 45.1 Å². The molecule has 7 heterocycles. The van der Waals surface area contributed by atoms with Crippen LogP contribution < -0.4 is 31.1 Å². The Balaban J connectivity index is 0.808. The van der Waals surface area contributed by atoms with Gasteiger partial charge in [-0.05, 0) is 106 Å². The number of fused-ring (bicyclic) bond motifs is 4. The molecule has 2 aromatic carbocycles. The van der Waals surface area contributed by atoms with Crippen LogP contribution in [0.1, 0.15) is 74.5 Å². The number of benzene rings is 2. The first-order chi connectivity index (χ1) is 31.0. The fraction of sp³-hybridized carbons (Fsp3) is 0.511. The van der Waals surface area contributed by atoms with Crippen LogP contribution in [-0.4, -0.2) is 98.0 Å². The molecule has 0 radical (unpaired) electrons. The zero-order chi connectivity index (χ0) is 45.5. The Bertz CT molecular complexity index is 2760. The number of imide groups is 1. The zero-order valence-electron chi connectivity index (χ0n) is 35.7. The predicted octanol–water partition coefficient (Wildman–Crippen LogP) is 7.38. The summed E-state index contributed by atoms with van der Waals surface area (Å²) in [6, 6.07) is 8.27. The van der Waals surface area contributed by atoms with Gasteiger partial charge in [0.2, 0.25) is 23.5 Å². The van der Waals surface area contributed by atoms with Gasteiger partial charge in [0, 0.05) is 50.1 Å². The maximum Gasteiger partial charge on any atom is 0.404 e. The molecule has 4 aliphatic heterocycles. The molecule has 20 heteroatoms. The number of likely N-dealkylation sites (tertiary alicyclic amines) is 1. The van der Waals surface area contributed by atoms with Gasteiger partial charge >= 0.3 is 12.1 Å². The van der Waals surface area contributed by atoms with E-state index in [0.29, 0.717) is 86.5 Å². The summed E-state index contributed by atoms with van der Waals surface area (Å²) in [4.78, 5) is 50.2. The lowest BCUT2D eigenvalue weighted by atomic mass is 9.84. The molecule has 14 nitrogen and oxygen atoms in total. The van der Waals surface area contributed by atoms with Gasteiger partial charge in [-0.25, -0.2) is 13.8 Å². The van der Waals surface area contributed by atoms with E-state index in [1.165, 1.54) is 10.8 Å². The molecule has 0 spiro atoms. The Kier molecular flexibility index (Phi) is 10.9. The van der Waals surface area contributed by atoms with E-state index >= 15 is 8.78 Å². The summed E-state index contributed by atoms with van der Waals surface area (Å²) in [5.74, 6) is -4.81. The number of ether oxygens (including phenoxy) is 1. The van der Waals surface area contributed by atoms with E-state index in [1.807, 2.05) is 23.1 Å². The number of nitrogens with zero attached hydrogens (tertiary/aromatic N) is 7. The highest BCUT2D eigenvalue weighted by Crippen LogP contribution is 2.46. The number of hydrogen-bond donors (Lipinski definition) is 3. The number of amides is 2. The molecule has 0 bridgehead atoms. The average molecular weight is 923 g/mol. The molecular weight excluding hydrogens is 875 g/mol. The van der Waals surface area contributed by atoms with Gasteiger partial charge in [0.05, 0.1) is 40.6 Å². The number of anilines is 4. The molecule has 2 amide bonds. The van der Waals surface area contributed by atoms with Crippen molar-refractivity contribution in [3.8, 4) is 5.75 Å². The highest BCUT2D eigenvalue weighted by molar-refractivity contribution is 6.33. The summed E-state index contributed by atoms with van der Waals surface area (Å²) >= 11 is 6.58. The van der Waals surface area contributed by atoms with Crippen molar-refractivity contribution in [3.05, 3.63) is 69.2 Å². The number of halogens is 6. The predicted molar refractivity (Wildman–Crippen MR) is 234 cm³/mol. The van der Waals surface area contributed by atoms with E-state index in [2.05, 4.69) is 31.0 Å². The summed E-state index contributed by atoms with van der Waals surface area (Å²) in [6.07, 6.45) is 0.595. The van der Waals surface area contributed by atoms with Crippen LogP contribution in [0.15, 0.2) is 47.4 Å². The van der Waals surface area contributed by atoms with Gasteiger partial charge < -0.3 is 24.8 Å². The Labute approximate surface area is 374 Å². The normalized spacial score (nSPS) is 22.9. The monoisotopic (exact) mass is 922 g/mol. The summed E-state index contributed by atoms with van der Waals surface area (Å²) < 4.78 is 83.9. The van der Waals surface area contributed by atoms with Gasteiger partial charge in [0.1, 0.15) is 11.1 Å². The average Bonchev–Trinajstić information content (AvgIpc) is 4.08. The van der Waals surface area contributed by atoms with Crippen molar-refractivity contribution in [2.75, 3.05) is 48.3 Å². The molecule has 1 saturated carbocycles. The smallest absolute Gasteiger partial charge is 0.404 e. The summed E-state index contributed by atoms with van der Waals surface area (Å²) in [5.41, 5.74) is 3.13. The van der Waals surface area contributed by atoms with Crippen molar-refractivity contribution in [3.63, 3.8) is 0 Å². The highest BCUT2D eigenvalue weighted by atomic mass is 35.5. The molecular formula is C45H48ClF5N10O4. The van der Waals surface area contributed by atoms with Crippen LogP contribution in [0.2, 0.25) is 5.02 Å². The third-order valence-corrected chi connectivity index (χ3v) is 14.4. The number of pyridine rings is 1. The van der Waals surface area contributed by atoms with E-state index in [1.54, 1.807) is 41.9 Å². The van der Waals surface area contributed by atoms with Gasteiger partial charge in [-0.2, -0.15) is 23.3 Å². The van der Waals surface area contributed by atoms with E-state index < -0.39 is 48.2 Å². The number of nitrogens with one attached hydrogen (secondary N) is 3. The van der Waals surface area contributed by atoms with Gasteiger partial charge in [0.25, 0.3) is 5.56 Å². The second-order valence-electron chi connectivity index (χ2n) is 18.2. The number of rotatable bonds is 8. The molecule has 1 aliphatic carbocycles. The highest BCUT2D eigenvalue weighted by Gasteiger charge is 2.52. The van der Waals surface area contributed by atoms with Crippen molar-refractivity contribution in [1.29, 1.82) is 0 Å². The number of aromatic nitrogens is 5. The molecule has 3 atom stereocenters. The maximum absolute atomic E-state index is 15.2. The van der Waals surface area contributed by atoms with Crippen LogP contribution in [0, 0.1) is 11.8 Å². The second-order valence-corrected chi connectivity index (χ2v) is 18.6. The Morgan fingerprint density at radius 1 is 0.923 bits per heavy atom. The molecule has 1 unspecified atom stereocenters. The zero-order valence-corrected chi connectivity index (χ0v) is 36.5. The number of aryl methyl sites for hydroxylation is 2. The number of alkyl halides is 5. The van der Waals surface area contributed by atoms with E-state index in [4.69, 9.17) is 16.3 Å². The lowest BCUT2D eigenvalue weighted by molar-refractivity contribution is -0.202. The first-order valence-corrected chi connectivity index (χ1v) is 22.5. The number of hydrogen-bond acceptors (Lipinski definition) is 11. The largest absolute Gasteiger partial charge is 0.480 e. The van der Waals surface area contributed by atoms with Gasteiger partial charge in [-0.15, -0.1) is 0 Å². The first-order valence-electron chi connectivity index (χ1n) is 22.1. The van der Waals surface area contributed by atoms with E-state index in [-0.39, 0.29) is 65.2 Å². The molecule has 10 rings (SSSR count). The third-order valence-electron chi connectivity index (χ3n) is 14.1. The first kappa shape index (κ1) is 43.3. The van der Waals surface area contributed by atoms with Crippen LogP contribution in [0.3, 0.4) is 0 Å². The van der Waals surface area contributed by atoms with Crippen molar-refractivity contribution in [2.45, 2.75) is 87.4 Å². The molecule has 344 valence electrons. The van der Waals surface area contributed by atoms with E-state index in [0.717, 1.165) is 16.5 Å². The Hall–Kier alpha value is -5.56. The summed E-state index contributed by atoms with van der Waals surface area (Å²) in [5, 5.41) is 14.7. The van der Waals surface area contributed by atoms with Crippen LogP contribution in [0.5, 0.6) is 5.75 Å². The molecule has 5 aromatic rings. The molecule has 5 aliphatic rings. The maximum atomic E-state index is 15.2. The van der Waals surface area contributed by atoms with Gasteiger partial charge in [-0.3, -0.25) is 29.3 Å². The molecule has 4 fully saturated rings. The summed E-state index contributed by atoms with van der Waals surface area (Å²) in [6.45, 7) is 0.271. The Morgan fingerprint density at radius 3 is 2.38 bits per heavy atom. The van der Waals surface area contributed by atoms with Crippen molar-refractivity contribution in [1.82, 2.24) is 34.5 Å². The Morgan fingerprint density at radius 2 is 1.68 bits per heavy atom. The summed E-state index contributed by atoms with van der Waals surface area (Å²) in [7, 11) is 3.35. The number of carbonyl (C=O) groups is 2. The van der Waals surface area contributed by atoms with Crippen molar-refractivity contribution >= 4 is 68.4 Å². The molecule has 65 heavy (non-hydrogen) atoms. The van der Waals surface area contributed by atoms with Gasteiger partial charge in [0.15, 0.2) is 12.4 Å². The molecule has 3 saturated heterocycles. The quantitative estimate of drug-likeness (QED) is 0.106. The van der Waals surface area contributed by atoms with Crippen LogP contribution >= 0.6 is 11.6 Å². The lowest BCUT2D eigenvalue weighted by Crippen LogP contribution is -2.55. The van der Waals surface area contributed by atoms with Crippen LogP contribution in [-0.2, 0) is 23.7 Å². The standard InChI is InChI=1S/C45H48ClF5N10O4/c1-58-32-9-6-27(20-30(32)36-37(42(58)64)65-22-44(47,48)38(55-36)24-3-4-24)53-40-31(46)21-52-43(56-40)61-17-13-25(14-18-61)39(45(49,50)51)60-15-11-23(12-16-60)26-5-7-28-33(19-26)59(2)57-35(28)29-8-10-34(62)54-41(29)63/h5-7,9,19-21,23-25,29,38-39,55H,3-4,8,10-18,22H2,1-2H3,(H,52,53,56)(H,54,62,63)/t29?,38-,39-/m0/s1. The minimum Gasteiger partial charge on any atom is -0.480 e. The lowest BCUT2D eigenvalue weighted by Gasteiger charge is -2.44. The SMILES string of the molecule is Cn1nc(C2CCC(=O)NC2=O)c2ccc(C3CCN([C@@H](C4CCN(c5ncc(Cl)c(Nc6ccc7c(c6)c6c(c(=O)n7C)OCC(F)(F)[C@H](C7CC7)N6)n5)CC4)C(F)(F)F)CC3)cc21. The third kappa shape index (κ3) is 8.12.